The van der Waals surface area contributed by atoms with E-state index in [1.54, 1.807) is 23.6 Å². The summed E-state index contributed by atoms with van der Waals surface area (Å²) in [6.45, 7) is 4.36. The van der Waals surface area contributed by atoms with Crippen LogP contribution < -0.4 is 10.1 Å². The first-order valence-electron chi connectivity index (χ1n) is 11.8. The summed E-state index contributed by atoms with van der Waals surface area (Å²) in [4.78, 5) is 18.2. The van der Waals surface area contributed by atoms with Gasteiger partial charge in [-0.05, 0) is 54.8 Å². The van der Waals surface area contributed by atoms with E-state index in [9.17, 15) is 4.79 Å². The van der Waals surface area contributed by atoms with Gasteiger partial charge in [0.05, 0.1) is 18.9 Å². The molecule has 3 aromatic heterocycles. The molecule has 0 saturated heterocycles. The molecule has 1 aromatic carbocycles. The van der Waals surface area contributed by atoms with E-state index in [0.717, 1.165) is 46.8 Å². The Morgan fingerprint density at radius 3 is 2.77 bits per heavy atom. The lowest BCUT2D eigenvalue weighted by Crippen LogP contribution is -2.08. The van der Waals surface area contributed by atoms with Crippen molar-refractivity contribution in [3.8, 4) is 21.9 Å². The lowest BCUT2D eigenvalue weighted by molar-refractivity contribution is 0.0601. The Bertz CT molecular complexity index is 1330. The van der Waals surface area contributed by atoms with Gasteiger partial charge in [0.1, 0.15) is 17.1 Å². The number of hydrogen-bond donors (Lipinski definition) is 1. The number of ether oxygens (including phenoxy) is 2. The zero-order valence-corrected chi connectivity index (χ0v) is 20.8. The van der Waals surface area contributed by atoms with E-state index in [0.29, 0.717) is 29.2 Å². The first kappa shape index (κ1) is 23.1. The Hall–Kier alpha value is -3.65. The lowest BCUT2D eigenvalue weighted by atomic mass is 10.1. The van der Waals surface area contributed by atoms with Crippen molar-refractivity contribution in [3.05, 3.63) is 71.4 Å². The van der Waals surface area contributed by atoms with Crippen LogP contribution in [0.15, 0.2) is 60.1 Å². The highest BCUT2D eigenvalue weighted by Gasteiger charge is 2.24. The number of nitrogens with zero attached hydrogens (tertiary/aromatic N) is 3. The standard InChI is InChI=1S/C27H28N4O3S/c1-17(2)12-20-15-25(30-31(20)19-6-4-7-22(14-19)34-21-9-10-21)29-26-23(27(32)33-3)13-18(16-28-26)24-8-5-11-35-24/h4-8,11,13-17,21H,9-10,12H2,1-3H3,(H,28,29,30). The number of methoxy groups -OCH3 is 1. The summed E-state index contributed by atoms with van der Waals surface area (Å²) in [6, 6.07) is 15.8. The normalized spacial score (nSPS) is 13.1. The number of anilines is 2. The van der Waals surface area contributed by atoms with Gasteiger partial charge in [0, 0.05) is 34.5 Å². The zero-order chi connectivity index (χ0) is 24.4. The highest BCUT2D eigenvalue weighted by atomic mass is 32.1. The predicted octanol–water partition coefficient (Wildman–Crippen LogP) is 6.27. The van der Waals surface area contributed by atoms with E-state index in [1.807, 2.05) is 52.5 Å². The van der Waals surface area contributed by atoms with Crippen molar-refractivity contribution < 1.29 is 14.3 Å². The first-order valence-corrected chi connectivity index (χ1v) is 12.6. The molecule has 0 spiro atoms. The van der Waals surface area contributed by atoms with Crippen LogP contribution in [-0.4, -0.2) is 33.9 Å². The van der Waals surface area contributed by atoms with Gasteiger partial charge in [0.2, 0.25) is 0 Å². The van der Waals surface area contributed by atoms with Crippen molar-refractivity contribution in [2.75, 3.05) is 12.4 Å². The second-order valence-electron chi connectivity index (χ2n) is 9.06. The van der Waals surface area contributed by atoms with Gasteiger partial charge in [-0.15, -0.1) is 16.4 Å². The third-order valence-corrected chi connectivity index (χ3v) is 6.55. The largest absolute Gasteiger partial charge is 0.490 e. The minimum Gasteiger partial charge on any atom is -0.490 e. The van der Waals surface area contributed by atoms with Crippen molar-refractivity contribution in [2.24, 2.45) is 5.92 Å². The van der Waals surface area contributed by atoms with Crippen LogP contribution in [0.5, 0.6) is 5.75 Å². The summed E-state index contributed by atoms with van der Waals surface area (Å²) in [5.74, 6) is 1.85. The van der Waals surface area contributed by atoms with Gasteiger partial charge >= 0.3 is 5.97 Å². The van der Waals surface area contributed by atoms with Gasteiger partial charge in [-0.2, -0.15) is 0 Å². The third-order valence-electron chi connectivity index (χ3n) is 5.63. The second kappa shape index (κ2) is 9.92. The minimum absolute atomic E-state index is 0.329. The Balaban J connectivity index is 1.48. The van der Waals surface area contributed by atoms with E-state index in [1.165, 1.54) is 7.11 Å². The van der Waals surface area contributed by atoms with Crippen LogP contribution in [0.4, 0.5) is 11.6 Å². The monoisotopic (exact) mass is 488 g/mol. The number of carbonyl (C=O) groups excluding carboxylic acids is 1. The summed E-state index contributed by atoms with van der Waals surface area (Å²) in [6.07, 6.45) is 5.15. The molecule has 8 heteroatoms. The van der Waals surface area contributed by atoms with Gasteiger partial charge in [-0.1, -0.05) is 26.0 Å². The van der Waals surface area contributed by atoms with E-state index in [-0.39, 0.29) is 0 Å². The third kappa shape index (κ3) is 5.38. The molecule has 4 aromatic rings. The van der Waals surface area contributed by atoms with Gasteiger partial charge < -0.3 is 14.8 Å². The lowest BCUT2D eigenvalue weighted by Gasteiger charge is -2.11. The number of hydrogen-bond acceptors (Lipinski definition) is 7. The first-order chi connectivity index (χ1) is 17.0. The van der Waals surface area contributed by atoms with Gasteiger partial charge in [-0.3, -0.25) is 0 Å². The second-order valence-corrected chi connectivity index (χ2v) is 10.0. The summed E-state index contributed by atoms with van der Waals surface area (Å²) in [5.41, 5.74) is 3.21. The van der Waals surface area contributed by atoms with Gasteiger partial charge in [0.25, 0.3) is 0 Å². The Morgan fingerprint density at radius 1 is 1.20 bits per heavy atom. The molecule has 1 aliphatic carbocycles. The number of nitrogens with one attached hydrogen (secondary N) is 1. The average molecular weight is 489 g/mol. The number of thiophene rings is 1. The van der Waals surface area contributed by atoms with Crippen LogP contribution in [0.25, 0.3) is 16.1 Å². The Kier molecular flexibility index (Phi) is 6.55. The number of pyridine rings is 1. The summed E-state index contributed by atoms with van der Waals surface area (Å²) in [5, 5.41) is 10.1. The summed E-state index contributed by atoms with van der Waals surface area (Å²) >= 11 is 1.59. The highest BCUT2D eigenvalue weighted by molar-refractivity contribution is 7.13. The number of benzene rings is 1. The zero-order valence-electron chi connectivity index (χ0n) is 20.0. The molecule has 1 N–H and O–H groups in total. The number of aromatic nitrogens is 3. The fraction of sp³-hybridized carbons (Fsp3) is 0.296. The molecule has 0 aliphatic heterocycles. The molecule has 0 atom stereocenters. The smallest absolute Gasteiger partial charge is 0.341 e. The number of carbonyl (C=O) groups is 1. The van der Waals surface area contributed by atoms with Crippen LogP contribution >= 0.6 is 11.3 Å². The van der Waals surface area contributed by atoms with Crippen LogP contribution in [0.2, 0.25) is 0 Å². The maximum atomic E-state index is 12.6. The minimum atomic E-state index is -0.454. The molecule has 1 saturated carbocycles. The SMILES string of the molecule is COC(=O)c1cc(-c2cccs2)cnc1Nc1cc(CC(C)C)n(-c2cccc(OC3CC3)c2)n1. The van der Waals surface area contributed by atoms with Crippen molar-refractivity contribution in [2.45, 2.75) is 39.2 Å². The van der Waals surface area contributed by atoms with Gasteiger partial charge in [-0.25, -0.2) is 14.5 Å². The van der Waals surface area contributed by atoms with E-state index < -0.39 is 5.97 Å². The van der Waals surface area contributed by atoms with Crippen LogP contribution in [0.3, 0.4) is 0 Å². The quantitative estimate of drug-likeness (QED) is 0.280. The Labute approximate surface area is 208 Å². The average Bonchev–Trinajstić information content (AvgIpc) is 3.33. The maximum absolute atomic E-state index is 12.6. The Morgan fingerprint density at radius 2 is 2.06 bits per heavy atom. The van der Waals surface area contributed by atoms with Crippen molar-refractivity contribution >= 4 is 28.9 Å². The van der Waals surface area contributed by atoms with Crippen LogP contribution in [0.1, 0.15) is 42.7 Å². The van der Waals surface area contributed by atoms with E-state index >= 15 is 0 Å². The molecule has 35 heavy (non-hydrogen) atoms. The molecule has 0 amide bonds. The van der Waals surface area contributed by atoms with Crippen molar-refractivity contribution in [1.82, 2.24) is 14.8 Å². The molecule has 0 bridgehead atoms. The van der Waals surface area contributed by atoms with Crippen LogP contribution in [0, 0.1) is 5.92 Å². The van der Waals surface area contributed by atoms with Gasteiger partial charge in [0.15, 0.2) is 5.82 Å². The molecule has 0 unspecified atom stereocenters. The molecular formula is C27H28N4O3S. The number of esters is 1. The molecule has 7 nitrogen and oxygen atoms in total. The topological polar surface area (TPSA) is 78.3 Å². The maximum Gasteiger partial charge on any atom is 0.341 e. The van der Waals surface area contributed by atoms with Crippen LogP contribution in [-0.2, 0) is 11.2 Å². The fourth-order valence-corrected chi connectivity index (χ4v) is 4.57. The molecule has 1 aliphatic rings. The molecule has 3 heterocycles. The number of rotatable bonds is 9. The van der Waals surface area contributed by atoms with E-state index in [2.05, 4.69) is 24.1 Å². The van der Waals surface area contributed by atoms with Crippen molar-refractivity contribution in [3.63, 3.8) is 0 Å². The highest BCUT2D eigenvalue weighted by Crippen LogP contribution is 2.31. The molecular weight excluding hydrogens is 460 g/mol. The predicted molar refractivity (Wildman–Crippen MR) is 138 cm³/mol. The van der Waals surface area contributed by atoms with Crippen molar-refractivity contribution in [1.29, 1.82) is 0 Å². The molecule has 1 fully saturated rings. The molecule has 0 radical (unpaired) electrons. The molecule has 5 rings (SSSR count). The fourth-order valence-electron chi connectivity index (χ4n) is 3.86. The van der Waals surface area contributed by atoms with E-state index in [4.69, 9.17) is 14.6 Å². The summed E-state index contributed by atoms with van der Waals surface area (Å²) in [7, 11) is 1.37. The molecule has 180 valence electrons. The summed E-state index contributed by atoms with van der Waals surface area (Å²) < 4.78 is 13.0.